The van der Waals surface area contributed by atoms with Gasteiger partial charge in [-0.3, -0.25) is 4.79 Å². The number of fused-ring (bicyclic) bond motifs is 4. The van der Waals surface area contributed by atoms with Gasteiger partial charge in [-0.25, -0.2) is 19.3 Å². The molecule has 2 amide bonds. The molecule has 2 bridgehead atoms. The Kier molecular flexibility index (Phi) is 4.62. The molecule has 2 aliphatic heterocycles. The summed E-state index contributed by atoms with van der Waals surface area (Å²) in [6.07, 6.45) is 3.57. The van der Waals surface area contributed by atoms with Crippen LogP contribution < -0.4 is 16.6 Å². The number of aromatic amines is 1. The first kappa shape index (κ1) is 19.5. The van der Waals surface area contributed by atoms with E-state index in [2.05, 4.69) is 20.5 Å². The highest BCUT2D eigenvalue weighted by atomic mass is 35.5. The van der Waals surface area contributed by atoms with Crippen LogP contribution in [0.25, 0.3) is 11.1 Å². The Morgan fingerprint density at radius 3 is 2.90 bits per heavy atom. The molecule has 0 spiro atoms. The summed E-state index contributed by atoms with van der Waals surface area (Å²) >= 11 is 6.36. The van der Waals surface area contributed by atoms with E-state index in [0.29, 0.717) is 29.1 Å². The lowest BCUT2D eigenvalue weighted by Crippen LogP contribution is -2.45. The monoisotopic (exact) mass is 440 g/mol. The molecule has 10 heteroatoms. The number of rotatable bonds is 2. The van der Waals surface area contributed by atoms with E-state index in [4.69, 9.17) is 17.3 Å². The van der Waals surface area contributed by atoms with Crippen LogP contribution in [0.15, 0.2) is 41.3 Å². The number of urea groups is 1. The first-order chi connectivity index (χ1) is 14.9. The molecule has 31 heavy (non-hydrogen) atoms. The quantitative estimate of drug-likeness (QED) is 0.563. The summed E-state index contributed by atoms with van der Waals surface area (Å²) in [7, 11) is 0. The fraction of sp³-hybridized carbons (Fsp3) is 0.238. The average Bonchev–Trinajstić information content (AvgIpc) is 3.06. The fourth-order valence-electron chi connectivity index (χ4n) is 4.42. The van der Waals surface area contributed by atoms with Crippen molar-refractivity contribution < 1.29 is 9.18 Å². The van der Waals surface area contributed by atoms with Gasteiger partial charge in [-0.15, -0.1) is 0 Å². The Morgan fingerprint density at radius 1 is 1.29 bits per heavy atom. The summed E-state index contributed by atoms with van der Waals surface area (Å²) in [5.41, 5.74) is 7.93. The van der Waals surface area contributed by atoms with Crippen molar-refractivity contribution in [2.75, 3.05) is 11.1 Å². The van der Waals surface area contributed by atoms with Gasteiger partial charge in [0.2, 0.25) is 0 Å². The van der Waals surface area contributed by atoms with Crippen LogP contribution in [-0.2, 0) is 6.42 Å². The van der Waals surface area contributed by atoms with Crippen molar-refractivity contribution in [3.63, 3.8) is 0 Å². The van der Waals surface area contributed by atoms with E-state index in [9.17, 15) is 14.0 Å². The van der Waals surface area contributed by atoms with Gasteiger partial charge in [-0.1, -0.05) is 11.6 Å². The number of anilines is 2. The third kappa shape index (κ3) is 3.40. The number of nitrogens with one attached hydrogen (secondary N) is 2. The molecule has 1 saturated heterocycles. The van der Waals surface area contributed by atoms with Crippen molar-refractivity contribution >= 4 is 29.1 Å². The van der Waals surface area contributed by atoms with Gasteiger partial charge in [0.25, 0.3) is 5.56 Å². The maximum absolute atomic E-state index is 14.8. The highest BCUT2D eigenvalue weighted by Crippen LogP contribution is 2.42. The van der Waals surface area contributed by atoms with Gasteiger partial charge in [0.1, 0.15) is 11.6 Å². The predicted molar refractivity (Wildman–Crippen MR) is 114 cm³/mol. The van der Waals surface area contributed by atoms with Gasteiger partial charge >= 0.3 is 6.03 Å². The SMILES string of the molecule is Nc1ccc(-c2cc(F)c(NC(=O)N3[C@H]4CC[C@@H]3c3n[nH]c(=O)cc3C4)cc2Cl)cn1. The second kappa shape index (κ2) is 7.35. The molecule has 4 N–H and O–H groups in total. The van der Waals surface area contributed by atoms with Gasteiger partial charge in [-0.05, 0) is 49.1 Å². The lowest BCUT2D eigenvalue weighted by atomic mass is 9.99. The van der Waals surface area contributed by atoms with Crippen LogP contribution in [-0.4, -0.2) is 32.2 Å². The second-order valence-electron chi connectivity index (χ2n) is 7.71. The molecule has 2 aromatic heterocycles. The molecule has 1 aromatic carbocycles. The summed E-state index contributed by atoms with van der Waals surface area (Å²) in [4.78, 5) is 30.3. The summed E-state index contributed by atoms with van der Waals surface area (Å²) in [5, 5.41) is 9.51. The van der Waals surface area contributed by atoms with Crippen molar-refractivity contribution in [1.29, 1.82) is 0 Å². The third-order valence-corrected chi connectivity index (χ3v) is 6.14. The highest BCUT2D eigenvalue weighted by Gasteiger charge is 2.44. The molecule has 4 heterocycles. The molecule has 0 saturated carbocycles. The van der Waals surface area contributed by atoms with Crippen LogP contribution in [0.4, 0.5) is 20.7 Å². The summed E-state index contributed by atoms with van der Waals surface area (Å²) in [6, 6.07) is 6.72. The zero-order valence-electron chi connectivity index (χ0n) is 16.2. The topological polar surface area (TPSA) is 117 Å². The molecule has 0 unspecified atom stereocenters. The summed E-state index contributed by atoms with van der Waals surface area (Å²) in [5.74, 6) is -0.266. The van der Waals surface area contributed by atoms with Crippen molar-refractivity contribution in [2.45, 2.75) is 31.3 Å². The van der Waals surface area contributed by atoms with Crippen molar-refractivity contribution in [1.82, 2.24) is 20.1 Å². The molecule has 8 nitrogen and oxygen atoms in total. The van der Waals surface area contributed by atoms with Crippen LogP contribution in [0.2, 0.25) is 5.02 Å². The number of nitrogen functional groups attached to an aromatic ring is 1. The van der Waals surface area contributed by atoms with Crippen LogP contribution in [0.3, 0.4) is 0 Å². The molecule has 0 radical (unpaired) electrons. The largest absolute Gasteiger partial charge is 0.384 e. The number of aromatic nitrogens is 3. The number of amides is 2. The number of pyridine rings is 1. The Labute approximate surface area is 181 Å². The minimum atomic E-state index is -0.614. The second-order valence-corrected chi connectivity index (χ2v) is 8.12. The minimum Gasteiger partial charge on any atom is -0.384 e. The van der Waals surface area contributed by atoms with Crippen LogP contribution >= 0.6 is 11.6 Å². The number of nitrogens with two attached hydrogens (primary N) is 1. The number of carbonyl (C=O) groups excluding carboxylic acids is 1. The normalized spacial score (nSPS) is 19.2. The van der Waals surface area contributed by atoms with Crippen LogP contribution in [0.1, 0.15) is 30.1 Å². The molecule has 5 rings (SSSR count). The first-order valence-electron chi connectivity index (χ1n) is 9.79. The van der Waals surface area contributed by atoms with E-state index in [1.807, 2.05) is 0 Å². The molecule has 2 atom stereocenters. The van der Waals surface area contributed by atoms with Gasteiger partial charge in [0, 0.05) is 29.4 Å². The molecule has 1 fully saturated rings. The molecular formula is C21H18ClFN6O2. The number of hydrogen-bond donors (Lipinski definition) is 3. The van der Waals surface area contributed by atoms with Gasteiger partial charge in [0.15, 0.2) is 0 Å². The van der Waals surface area contributed by atoms with E-state index in [1.165, 1.54) is 24.4 Å². The van der Waals surface area contributed by atoms with Crippen molar-refractivity contribution in [2.24, 2.45) is 0 Å². The summed E-state index contributed by atoms with van der Waals surface area (Å²) < 4.78 is 14.8. The standard InChI is InChI=1S/C21H18ClFN6O2/c22-14-8-16(15(23)7-13(14)10-1-4-18(24)25-9-10)26-21(31)29-12-2-3-17(29)20-11(5-12)6-19(30)27-28-20/h1,4,6-9,12,17H,2-3,5H2,(H2,24,25)(H,26,31)(H,27,30)/t12-,17+/m0/s1. The van der Waals surface area contributed by atoms with E-state index in [0.717, 1.165) is 18.4 Å². The minimum absolute atomic E-state index is 0.0122. The zero-order chi connectivity index (χ0) is 21.7. The highest BCUT2D eigenvalue weighted by molar-refractivity contribution is 6.33. The molecule has 2 aliphatic rings. The van der Waals surface area contributed by atoms with Gasteiger partial charge in [0.05, 0.1) is 22.4 Å². The number of carbonyl (C=O) groups is 1. The molecular weight excluding hydrogens is 423 g/mol. The Morgan fingerprint density at radius 2 is 2.13 bits per heavy atom. The molecule has 158 valence electrons. The smallest absolute Gasteiger partial charge is 0.322 e. The van der Waals surface area contributed by atoms with E-state index >= 15 is 0 Å². The van der Waals surface area contributed by atoms with Crippen molar-refractivity contribution in [3.05, 3.63) is 69.0 Å². The van der Waals surface area contributed by atoms with Crippen LogP contribution in [0, 0.1) is 5.82 Å². The Balaban J connectivity index is 1.41. The van der Waals surface area contributed by atoms with Gasteiger partial charge in [-0.2, -0.15) is 5.10 Å². The van der Waals surface area contributed by atoms with E-state index < -0.39 is 11.8 Å². The number of nitrogens with zero attached hydrogens (tertiary/aromatic N) is 3. The lowest BCUT2D eigenvalue weighted by molar-refractivity contribution is 0.177. The Bertz CT molecular complexity index is 1250. The number of hydrogen-bond acceptors (Lipinski definition) is 5. The number of H-pyrrole nitrogens is 1. The van der Waals surface area contributed by atoms with Crippen molar-refractivity contribution in [3.8, 4) is 11.1 Å². The Hall–Kier alpha value is -3.46. The maximum Gasteiger partial charge on any atom is 0.322 e. The lowest BCUT2D eigenvalue weighted by Gasteiger charge is -2.35. The number of benzene rings is 1. The number of halogens is 2. The maximum atomic E-state index is 14.8. The van der Waals surface area contributed by atoms with Crippen LogP contribution in [0.5, 0.6) is 0 Å². The third-order valence-electron chi connectivity index (χ3n) is 5.82. The van der Waals surface area contributed by atoms with E-state index in [-0.39, 0.29) is 28.4 Å². The van der Waals surface area contributed by atoms with Gasteiger partial charge < -0.3 is 16.0 Å². The summed E-state index contributed by atoms with van der Waals surface area (Å²) in [6.45, 7) is 0. The molecule has 0 aliphatic carbocycles. The first-order valence-corrected chi connectivity index (χ1v) is 10.2. The molecule has 3 aromatic rings. The fourth-order valence-corrected chi connectivity index (χ4v) is 4.70. The average molecular weight is 441 g/mol. The predicted octanol–water partition coefficient (Wildman–Crippen LogP) is 3.50. The zero-order valence-corrected chi connectivity index (χ0v) is 17.0. The van der Waals surface area contributed by atoms with E-state index in [1.54, 1.807) is 17.0 Å².